The van der Waals surface area contributed by atoms with Gasteiger partial charge in [0.05, 0.1) is 6.54 Å². The van der Waals surface area contributed by atoms with Crippen LogP contribution in [-0.2, 0) is 13.1 Å². The maximum absolute atomic E-state index is 10.9. The smallest absolute Gasteiger partial charge is 0.407 e. The molecule has 3 heterocycles. The first-order valence-electron chi connectivity index (χ1n) is 5.82. The highest BCUT2D eigenvalue weighted by atomic mass is 16.4. The summed E-state index contributed by atoms with van der Waals surface area (Å²) in [5.74, 6) is 0. The summed E-state index contributed by atoms with van der Waals surface area (Å²) in [6.07, 6.45) is 2.68. The molecule has 5 heteroatoms. The second-order valence-corrected chi connectivity index (χ2v) is 4.30. The average Bonchev–Trinajstić information content (AvgIpc) is 2.82. The van der Waals surface area contributed by atoms with Gasteiger partial charge in [0.1, 0.15) is 0 Å². The maximum atomic E-state index is 10.9. The minimum absolute atomic E-state index is 0.459. The lowest BCUT2D eigenvalue weighted by atomic mass is 10.2. The molecule has 0 aromatic carbocycles. The lowest BCUT2D eigenvalue weighted by Crippen LogP contribution is -2.37. The van der Waals surface area contributed by atoms with E-state index in [1.165, 1.54) is 4.90 Å². The quantitative estimate of drug-likeness (QED) is 0.833. The van der Waals surface area contributed by atoms with Gasteiger partial charge in [0, 0.05) is 42.4 Å². The fourth-order valence-corrected chi connectivity index (χ4v) is 2.35. The second-order valence-electron chi connectivity index (χ2n) is 4.30. The van der Waals surface area contributed by atoms with Crippen LogP contribution in [-0.4, -0.2) is 32.2 Å². The molecular weight excluding hydrogens is 230 g/mol. The van der Waals surface area contributed by atoms with Crippen LogP contribution in [0.3, 0.4) is 0 Å². The molecular formula is C13H13N3O2. The molecule has 2 aromatic heterocycles. The zero-order chi connectivity index (χ0) is 12.5. The Balaban J connectivity index is 1.96. The molecule has 2 aromatic rings. The fourth-order valence-electron chi connectivity index (χ4n) is 2.35. The molecule has 1 amide bonds. The molecule has 1 aliphatic rings. The van der Waals surface area contributed by atoms with Gasteiger partial charge < -0.3 is 14.6 Å². The number of hydrogen-bond acceptors (Lipinski definition) is 2. The number of fused-ring (bicyclic) bond motifs is 1. The Labute approximate surface area is 104 Å². The lowest BCUT2D eigenvalue weighted by Gasteiger charge is -2.27. The third-order valence-corrected chi connectivity index (χ3v) is 3.26. The Kier molecular flexibility index (Phi) is 2.51. The number of carbonyl (C=O) groups is 1. The first kappa shape index (κ1) is 10.8. The molecule has 0 bridgehead atoms. The Morgan fingerprint density at radius 2 is 1.94 bits per heavy atom. The minimum atomic E-state index is -0.854. The highest BCUT2D eigenvalue weighted by Crippen LogP contribution is 2.25. The molecule has 5 nitrogen and oxygen atoms in total. The second kappa shape index (κ2) is 4.18. The van der Waals surface area contributed by atoms with Crippen molar-refractivity contribution in [2.24, 2.45) is 0 Å². The van der Waals surface area contributed by atoms with Crippen LogP contribution in [0.15, 0.2) is 36.7 Å². The van der Waals surface area contributed by atoms with E-state index < -0.39 is 6.09 Å². The Morgan fingerprint density at radius 1 is 1.17 bits per heavy atom. The van der Waals surface area contributed by atoms with E-state index in [0.717, 1.165) is 17.0 Å². The first-order chi connectivity index (χ1) is 8.75. The average molecular weight is 243 g/mol. The molecule has 0 saturated carbocycles. The Bertz CT molecular complexity index is 577. The molecule has 92 valence electrons. The highest BCUT2D eigenvalue weighted by molar-refractivity contribution is 5.66. The van der Waals surface area contributed by atoms with Crippen LogP contribution in [0.4, 0.5) is 4.79 Å². The summed E-state index contributed by atoms with van der Waals surface area (Å²) < 4.78 is 2.18. The predicted molar refractivity (Wildman–Crippen MR) is 66.1 cm³/mol. The van der Waals surface area contributed by atoms with Gasteiger partial charge in [-0.1, -0.05) is 0 Å². The van der Waals surface area contributed by atoms with Gasteiger partial charge >= 0.3 is 6.09 Å². The number of aromatic nitrogens is 2. The normalized spacial score (nSPS) is 14.3. The van der Waals surface area contributed by atoms with E-state index in [0.29, 0.717) is 19.6 Å². The summed E-state index contributed by atoms with van der Waals surface area (Å²) in [4.78, 5) is 16.4. The van der Waals surface area contributed by atoms with Crippen LogP contribution in [0.1, 0.15) is 5.69 Å². The van der Waals surface area contributed by atoms with Gasteiger partial charge in [-0.2, -0.15) is 0 Å². The van der Waals surface area contributed by atoms with E-state index in [1.54, 1.807) is 12.4 Å². The zero-order valence-corrected chi connectivity index (χ0v) is 9.78. The summed E-state index contributed by atoms with van der Waals surface area (Å²) in [6, 6.07) is 7.96. The van der Waals surface area contributed by atoms with Crippen molar-refractivity contribution in [2.75, 3.05) is 6.54 Å². The van der Waals surface area contributed by atoms with Gasteiger partial charge in [0.15, 0.2) is 0 Å². The van der Waals surface area contributed by atoms with E-state index in [2.05, 4.69) is 9.55 Å². The van der Waals surface area contributed by atoms with Crippen LogP contribution in [0.5, 0.6) is 0 Å². The van der Waals surface area contributed by atoms with Crippen molar-refractivity contribution in [3.05, 3.63) is 42.4 Å². The standard InChI is InChI=1S/C13H13N3O2/c17-13(18)15-7-8-16-11(9-15)1-2-12(16)10-3-5-14-6-4-10/h1-6H,7-9H2,(H,17,18). The Hall–Kier alpha value is -2.30. The van der Waals surface area contributed by atoms with Gasteiger partial charge in [-0.15, -0.1) is 0 Å². The first-order valence-corrected chi connectivity index (χ1v) is 5.82. The van der Waals surface area contributed by atoms with E-state index in [4.69, 9.17) is 5.11 Å². The largest absolute Gasteiger partial charge is 0.465 e. The van der Waals surface area contributed by atoms with Crippen molar-refractivity contribution in [2.45, 2.75) is 13.1 Å². The maximum Gasteiger partial charge on any atom is 0.407 e. The topological polar surface area (TPSA) is 58.4 Å². The SMILES string of the molecule is O=C(O)N1CCn2c(ccc2-c2ccncc2)C1. The fraction of sp³-hybridized carbons (Fsp3) is 0.231. The van der Waals surface area contributed by atoms with Crippen LogP contribution in [0.25, 0.3) is 11.3 Å². The number of nitrogens with zero attached hydrogens (tertiary/aromatic N) is 3. The number of carboxylic acid groups (broad SMARTS) is 1. The van der Waals surface area contributed by atoms with Crippen LogP contribution < -0.4 is 0 Å². The highest BCUT2D eigenvalue weighted by Gasteiger charge is 2.21. The van der Waals surface area contributed by atoms with Gasteiger partial charge in [-0.3, -0.25) is 4.98 Å². The van der Waals surface area contributed by atoms with Gasteiger partial charge in [-0.05, 0) is 24.3 Å². The van der Waals surface area contributed by atoms with E-state index in [1.807, 2.05) is 24.3 Å². The van der Waals surface area contributed by atoms with Crippen molar-refractivity contribution in [3.63, 3.8) is 0 Å². The molecule has 1 N–H and O–H groups in total. The summed E-state index contributed by atoms with van der Waals surface area (Å²) in [5.41, 5.74) is 3.27. The van der Waals surface area contributed by atoms with Gasteiger partial charge in [-0.25, -0.2) is 4.79 Å². The molecule has 0 radical (unpaired) electrons. The zero-order valence-electron chi connectivity index (χ0n) is 9.78. The molecule has 0 atom stereocenters. The van der Waals surface area contributed by atoms with E-state index >= 15 is 0 Å². The third kappa shape index (κ3) is 1.73. The van der Waals surface area contributed by atoms with E-state index in [-0.39, 0.29) is 0 Å². The van der Waals surface area contributed by atoms with Crippen molar-refractivity contribution < 1.29 is 9.90 Å². The van der Waals surface area contributed by atoms with Crippen molar-refractivity contribution in [1.29, 1.82) is 0 Å². The van der Waals surface area contributed by atoms with Crippen LogP contribution in [0, 0.1) is 0 Å². The molecule has 0 aliphatic carbocycles. The molecule has 0 unspecified atom stereocenters. The molecule has 1 aliphatic heterocycles. The summed E-state index contributed by atoms with van der Waals surface area (Å²) in [6.45, 7) is 1.70. The molecule has 3 rings (SSSR count). The molecule has 18 heavy (non-hydrogen) atoms. The number of rotatable bonds is 1. The molecule has 0 spiro atoms. The van der Waals surface area contributed by atoms with Crippen LogP contribution >= 0.6 is 0 Å². The number of pyridine rings is 1. The summed E-state index contributed by atoms with van der Waals surface area (Å²) >= 11 is 0. The third-order valence-electron chi connectivity index (χ3n) is 3.26. The number of amides is 1. The monoisotopic (exact) mass is 243 g/mol. The van der Waals surface area contributed by atoms with Crippen molar-refractivity contribution in [3.8, 4) is 11.3 Å². The van der Waals surface area contributed by atoms with Gasteiger partial charge in [0.2, 0.25) is 0 Å². The van der Waals surface area contributed by atoms with Crippen molar-refractivity contribution in [1.82, 2.24) is 14.5 Å². The van der Waals surface area contributed by atoms with E-state index in [9.17, 15) is 4.79 Å². The Morgan fingerprint density at radius 3 is 2.67 bits per heavy atom. The lowest BCUT2D eigenvalue weighted by molar-refractivity contribution is 0.133. The predicted octanol–water partition coefficient (Wildman–Crippen LogP) is 2.04. The number of hydrogen-bond donors (Lipinski definition) is 1. The summed E-state index contributed by atoms with van der Waals surface area (Å²) in [5, 5.41) is 9.00. The van der Waals surface area contributed by atoms with Crippen molar-refractivity contribution >= 4 is 6.09 Å². The molecule has 0 fully saturated rings. The van der Waals surface area contributed by atoms with Gasteiger partial charge in [0.25, 0.3) is 0 Å². The molecule has 0 saturated heterocycles. The summed E-state index contributed by atoms with van der Waals surface area (Å²) in [7, 11) is 0. The van der Waals surface area contributed by atoms with Crippen LogP contribution in [0.2, 0.25) is 0 Å². The minimum Gasteiger partial charge on any atom is -0.465 e.